The smallest absolute Gasteiger partial charge is 0.251 e. The average Bonchev–Trinajstić information content (AvgIpc) is 3.29. The molecule has 0 aliphatic carbocycles. The van der Waals surface area contributed by atoms with Crippen molar-refractivity contribution in [2.45, 2.75) is 26.0 Å². The molecule has 36 heavy (non-hydrogen) atoms. The summed E-state index contributed by atoms with van der Waals surface area (Å²) in [6.07, 6.45) is 1.68. The molecule has 4 aromatic carbocycles. The Labute approximate surface area is 211 Å². The van der Waals surface area contributed by atoms with Crippen molar-refractivity contribution in [1.29, 1.82) is 0 Å². The lowest BCUT2D eigenvalue weighted by molar-refractivity contribution is 0.0954. The Hall–Kier alpha value is -4.38. The molecule has 0 bridgehead atoms. The number of rotatable bonds is 10. The molecule has 5 heteroatoms. The molecule has 5 nitrogen and oxygen atoms in total. The van der Waals surface area contributed by atoms with Gasteiger partial charge in [-0.05, 0) is 54.3 Å². The van der Waals surface area contributed by atoms with E-state index in [9.17, 15) is 4.79 Å². The Kier molecular flexibility index (Phi) is 7.38. The van der Waals surface area contributed by atoms with Crippen LogP contribution >= 0.6 is 0 Å². The molecule has 180 valence electrons. The fraction of sp³-hybridized carbons (Fsp3) is 0.161. The van der Waals surface area contributed by atoms with E-state index in [2.05, 4.69) is 46.3 Å². The molecule has 1 aromatic heterocycles. The molecule has 0 spiro atoms. The zero-order chi connectivity index (χ0) is 24.6. The lowest BCUT2D eigenvalue weighted by Crippen LogP contribution is -2.25. The monoisotopic (exact) mass is 475 g/mol. The van der Waals surface area contributed by atoms with Gasteiger partial charge in [-0.15, -0.1) is 0 Å². The fourth-order valence-corrected chi connectivity index (χ4v) is 4.30. The van der Waals surface area contributed by atoms with Crippen molar-refractivity contribution >= 4 is 16.9 Å². The van der Waals surface area contributed by atoms with Crippen molar-refractivity contribution in [2.24, 2.45) is 0 Å². The van der Waals surface area contributed by atoms with Crippen LogP contribution in [0, 0.1) is 0 Å². The van der Waals surface area contributed by atoms with Crippen molar-refractivity contribution in [3.05, 3.63) is 132 Å². The number of hydrogen-bond donors (Lipinski definition) is 1. The Bertz CT molecular complexity index is 1410. The molecule has 0 fully saturated rings. The summed E-state index contributed by atoms with van der Waals surface area (Å²) in [6.45, 7) is 1.71. The number of amides is 1. The number of ether oxygens (including phenoxy) is 1. The molecular formula is C31H29N3O2. The van der Waals surface area contributed by atoms with Crippen LogP contribution in [-0.2, 0) is 26.0 Å². The predicted octanol–water partition coefficient (Wildman–Crippen LogP) is 5.83. The van der Waals surface area contributed by atoms with E-state index in [0.717, 1.165) is 42.0 Å². The third-order valence-electron chi connectivity index (χ3n) is 6.21. The minimum Gasteiger partial charge on any atom is -0.486 e. The number of carbonyl (C=O) groups excluding carboxylic acids is 1. The van der Waals surface area contributed by atoms with Crippen LogP contribution in [0.3, 0.4) is 0 Å². The molecule has 5 aromatic rings. The zero-order valence-electron chi connectivity index (χ0n) is 20.1. The highest BCUT2D eigenvalue weighted by Gasteiger charge is 2.14. The lowest BCUT2D eigenvalue weighted by Gasteiger charge is -2.11. The quantitative estimate of drug-likeness (QED) is 0.276. The lowest BCUT2D eigenvalue weighted by atomic mass is 10.1. The van der Waals surface area contributed by atoms with E-state index in [-0.39, 0.29) is 5.91 Å². The number of carbonyl (C=O) groups is 1. The second-order valence-corrected chi connectivity index (χ2v) is 8.71. The Morgan fingerprint density at radius 1 is 0.778 bits per heavy atom. The maximum absolute atomic E-state index is 12.8. The van der Waals surface area contributed by atoms with Crippen molar-refractivity contribution in [3.63, 3.8) is 0 Å². The van der Waals surface area contributed by atoms with Crippen molar-refractivity contribution < 1.29 is 9.53 Å². The molecule has 0 radical (unpaired) electrons. The van der Waals surface area contributed by atoms with Gasteiger partial charge in [0.1, 0.15) is 18.2 Å². The van der Waals surface area contributed by atoms with E-state index in [1.54, 1.807) is 0 Å². The highest BCUT2D eigenvalue weighted by atomic mass is 16.5. The summed E-state index contributed by atoms with van der Waals surface area (Å²) >= 11 is 0. The van der Waals surface area contributed by atoms with Gasteiger partial charge in [-0.25, -0.2) is 4.98 Å². The van der Waals surface area contributed by atoms with Crippen LogP contribution < -0.4 is 10.1 Å². The molecule has 0 unspecified atom stereocenters. The van der Waals surface area contributed by atoms with Crippen LogP contribution in [0.4, 0.5) is 0 Å². The summed E-state index contributed by atoms with van der Waals surface area (Å²) in [5.74, 6) is 1.55. The van der Waals surface area contributed by atoms with E-state index >= 15 is 0 Å². The average molecular weight is 476 g/mol. The number of aromatic nitrogens is 2. The summed E-state index contributed by atoms with van der Waals surface area (Å²) in [6, 6.07) is 36.1. The number of benzene rings is 4. The second kappa shape index (κ2) is 11.4. The van der Waals surface area contributed by atoms with E-state index < -0.39 is 0 Å². The number of hydrogen-bond acceptors (Lipinski definition) is 3. The molecule has 1 amide bonds. The maximum atomic E-state index is 12.8. The molecule has 1 heterocycles. The number of fused-ring (bicyclic) bond motifs is 1. The molecule has 0 aliphatic heterocycles. The van der Waals surface area contributed by atoms with Crippen LogP contribution in [0.2, 0.25) is 0 Å². The number of nitrogens with zero attached hydrogens (tertiary/aromatic N) is 2. The third kappa shape index (κ3) is 5.81. The Balaban J connectivity index is 1.34. The topological polar surface area (TPSA) is 56.1 Å². The van der Waals surface area contributed by atoms with Gasteiger partial charge in [0.2, 0.25) is 0 Å². The Morgan fingerprint density at radius 2 is 1.42 bits per heavy atom. The van der Waals surface area contributed by atoms with E-state index in [4.69, 9.17) is 9.72 Å². The summed E-state index contributed by atoms with van der Waals surface area (Å²) in [7, 11) is 0. The minimum absolute atomic E-state index is 0.0891. The molecule has 0 saturated carbocycles. The molecule has 0 saturated heterocycles. The highest BCUT2D eigenvalue weighted by Crippen LogP contribution is 2.21. The Morgan fingerprint density at radius 3 is 2.11 bits per heavy atom. The minimum atomic E-state index is -0.0891. The maximum Gasteiger partial charge on any atom is 0.251 e. The molecule has 5 rings (SSSR count). The van der Waals surface area contributed by atoms with E-state index in [1.165, 1.54) is 11.1 Å². The second-order valence-electron chi connectivity index (χ2n) is 8.71. The van der Waals surface area contributed by atoms with Gasteiger partial charge in [0, 0.05) is 18.7 Å². The van der Waals surface area contributed by atoms with Gasteiger partial charge >= 0.3 is 0 Å². The van der Waals surface area contributed by atoms with Crippen LogP contribution in [0.5, 0.6) is 5.75 Å². The number of nitrogens with one attached hydrogen (secondary N) is 1. The molecule has 1 N–H and O–H groups in total. The van der Waals surface area contributed by atoms with Crippen molar-refractivity contribution in [1.82, 2.24) is 14.9 Å². The fourth-order valence-electron chi connectivity index (χ4n) is 4.30. The first-order valence-corrected chi connectivity index (χ1v) is 12.3. The van der Waals surface area contributed by atoms with Crippen LogP contribution in [0.25, 0.3) is 11.0 Å². The number of imidazole rings is 1. The van der Waals surface area contributed by atoms with Crippen LogP contribution in [-0.4, -0.2) is 22.0 Å². The number of aryl methyl sites for hydroxylation is 2. The summed E-state index contributed by atoms with van der Waals surface area (Å²) in [4.78, 5) is 17.7. The molecular weight excluding hydrogens is 446 g/mol. The summed E-state index contributed by atoms with van der Waals surface area (Å²) in [5, 5.41) is 3.03. The first-order chi connectivity index (χ1) is 17.8. The van der Waals surface area contributed by atoms with Gasteiger partial charge in [-0.3, -0.25) is 4.79 Å². The first-order valence-electron chi connectivity index (χ1n) is 12.3. The van der Waals surface area contributed by atoms with Crippen LogP contribution in [0.15, 0.2) is 109 Å². The molecule has 0 aliphatic rings. The number of para-hydroxylation sites is 1. The van der Waals surface area contributed by atoms with Gasteiger partial charge in [-0.2, -0.15) is 0 Å². The third-order valence-corrected chi connectivity index (χ3v) is 6.21. The predicted molar refractivity (Wildman–Crippen MR) is 143 cm³/mol. The van der Waals surface area contributed by atoms with Gasteiger partial charge in [0.15, 0.2) is 0 Å². The van der Waals surface area contributed by atoms with E-state index in [1.807, 2.05) is 72.8 Å². The van der Waals surface area contributed by atoms with Crippen molar-refractivity contribution in [3.8, 4) is 5.75 Å². The molecule has 0 atom stereocenters. The largest absolute Gasteiger partial charge is 0.486 e. The van der Waals surface area contributed by atoms with Crippen LogP contribution in [0.1, 0.15) is 27.3 Å². The summed E-state index contributed by atoms with van der Waals surface area (Å²) < 4.78 is 8.22. The SMILES string of the molecule is O=C(NCCc1ccccc1)c1ccc2c(c1)nc(COc1ccccc1)n2CCc1ccccc1. The van der Waals surface area contributed by atoms with Gasteiger partial charge in [0.05, 0.1) is 11.0 Å². The highest BCUT2D eigenvalue weighted by molar-refractivity contribution is 5.97. The standard InChI is InChI=1S/C31H29N3O2/c35-31(32-20-18-24-10-4-1-5-11-24)26-16-17-29-28(22-26)33-30(23-36-27-14-8-3-9-15-27)34(29)21-19-25-12-6-2-7-13-25/h1-17,22H,18-21,23H2,(H,32,35). The zero-order valence-corrected chi connectivity index (χ0v) is 20.1. The summed E-state index contributed by atoms with van der Waals surface area (Å²) in [5.41, 5.74) is 4.87. The van der Waals surface area contributed by atoms with E-state index in [0.29, 0.717) is 18.7 Å². The first kappa shape index (κ1) is 23.4. The normalized spacial score (nSPS) is 10.9. The van der Waals surface area contributed by atoms with Crippen molar-refractivity contribution in [2.75, 3.05) is 6.54 Å². The van der Waals surface area contributed by atoms with Gasteiger partial charge in [0.25, 0.3) is 5.91 Å². The van der Waals surface area contributed by atoms with Gasteiger partial charge in [-0.1, -0.05) is 78.9 Å². The van der Waals surface area contributed by atoms with Gasteiger partial charge < -0.3 is 14.6 Å².